The second kappa shape index (κ2) is 5.06. The number of hydrogen-bond donors (Lipinski definition) is 1. The summed E-state index contributed by atoms with van der Waals surface area (Å²) in [6.07, 6.45) is 0.918. The van der Waals surface area contributed by atoms with E-state index in [9.17, 15) is 9.18 Å². The number of amides is 1. The Hall–Kier alpha value is -0.800. The largest absolute Gasteiger partial charge is 0.349 e. The lowest BCUT2D eigenvalue weighted by molar-refractivity contribution is -0.123. The summed E-state index contributed by atoms with van der Waals surface area (Å²) in [5, 5.41) is 3.19. The van der Waals surface area contributed by atoms with E-state index in [0.29, 0.717) is 16.5 Å². The first-order chi connectivity index (χ1) is 8.40. The van der Waals surface area contributed by atoms with Crippen LogP contribution in [0.25, 0.3) is 0 Å². The van der Waals surface area contributed by atoms with Crippen LogP contribution in [0.1, 0.15) is 31.9 Å². The lowest BCUT2D eigenvalue weighted by Gasteiger charge is -2.16. The van der Waals surface area contributed by atoms with Crippen LogP contribution in [0.4, 0.5) is 4.39 Å². The predicted molar refractivity (Wildman–Crippen MR) is 70.2 cm³/mol. The van der Waals surface area contributed by atoms with E-state index in [1.54, 1.807) is 6.92 Å². The van der Waals surface area contributed by atoms with Crippen LogP contribution in [0.15, 0.2) is 12.1 Å². The van der Waals surface area contributed by atoms with Crippen molar-refractivity contribution in [3.63, 3.8) is 0 Å². The van der Waals surface area contributed by atoms with E-state index in [1.807, 2.05) is 6.92 Å². The molecule has 0 bridgehead atoms. The smallest absolute Gasteiger partial charge is 0.223 e. The molecule has 0 unspecified atom stereocenters. The van der Waals surface area contributed by atoms with Gasteiger partial charge in [0, 0.05) is 10.9 Å². The highest BCUT2D eigenvalue weighted by Crippen LogP contribution is 2.38. The normalized spacial score (nSPS) is 23.6. The van der Waals surface area contributed by atoms with Gasteiger partial charge in [-0.2, -0.15) is 0 Å². The molecule has 2 nitrogen and oxygen atoms in total. The van der Waals surface area contributed by atoms with Crippen LogP contribution in [0.2, 0.25) is 10.0 Å². The molecule has 1 N–H and O–H groups in total. The molecule has 1 aromatic rings. The van der Waals surface area contributed by atoms with Gasteiger partial charge in [0.05, 0.1) is 11.1 Å². The van der Waals surface area contributed by atoms with Gasteiger partial charge in [0.15, 0.2) is 0 Å². The molecule has 5 heteroatoms. The second-order valence-corrected chi connectivity index (χ2v) is 5.65. The number of carbonyl (C=O) groups excluding carboxylic acids is 1. The van der Waals surface area contributed by atoms with Gasteiger partial charge in [0.2, 0.25) is 5.91 Å². The number of halogens is 3. The summed E-state index contributed by atoms with van der Waals surface area (Å²) < 4.78 is 13.4. The van der Waals surface area contributed by atoms with Crippen LogP contribution in [0.3, 0.4) is 0 Å². The number of rotatable bonds is 3. The third-order valence-corrected chi connectivity index (χ3v) is 3.93. The van der Waals surface area contributed by atoms with Crippen molar-refractivity contribution in [1.82, 2.24) is 5.32 Å². The number of carbonyl (C=O) groups is 1. The van der Waals surface area contributed by atoms with Crippen LogP contribution in [-0.4, -0.2) is 5.91 Å². The Morgan fingerprint density at radius 2 is 2.06 bits per heavy atom. The molecule has 0 heterocycles. The number of nitrogens with one attached hydrogen (secondary N) is 1. The van der Waals surface area contributed by atoms with Gasteiger partial charge in [0.25, 0.3) is 0 Å². The lowest BCUT2D eigenvalue weighted by atomic mass is 10.1. The van der Waals surface area contributed by atoms with Crippen LogP contribution in [0, 0.1) is 17.7 Å². The van der Waals surface area contributed by atoms with Crippen molar-refractivity contribution in [2.75, 3.05) is 0 Å². The maximum absolute atomic E-state index is 13.4. The Bertz CT molecular complexity index is 492. The van der Waals surface area contributed by atoms with Crippen molar-refractivity contribution < 1.29 is 9.18 Å². The molecule has 0 spiro atoms. The average Bonchev–Trinajstić information content (AvgIpc) is 3.00. The SMILES string of the molecule is C[C@H](NC(=O)[C@@H]1C[C@H]1C)c1cc(F)c(Cl)cc1Cl. The van der Waals surface area contributed by atoms with Crippen molar-refractivity contribution >= 4 is 29.1 Å². The zero-order valence-electron chi connectivity index (χ0n) is 10.1. The Labute approximate surface area is 115 Å². The second-order valence-electron chi connectivity index (χ2n) is 4.84. The average molecular weight is 290 g/mol. The van der Waals surface area contributed by atoms with Gasteiger partial charge in [-0.25, -0.2) is 4.39 Å². The summed E-state index contributed by atoms with van der Waals surface area (Å²) in [7, 11) is 0. The minimum absolute atomic E-state index is 0.00132. The first kappa shape index (κ1) is 13.6. The van der Waals surface area contributed by atoms with E-state index in [4.69, 9.17) is 23.2 Å². The zero-order chi connectivity index (χ0) is 13.4. The Balaban J connectivity index is 2.11. The Morgan fingerprint density at radius 3 is 2.61 bits per heavy atom. The minimum atomic E-state index is -0.531. The summed E-state index contributed by atoms with van der Waals surface area (Å²) in [5.74, 6) is -0.00335. The monoisotopic (exact) mass is 289 g/mol. The number of hydrogen-bond acceptors (Lipinski definition) is 1. The summed E-state index contributed by atoms with van der Waals surface area (Å²) in [5.41, 5.74) is 0.542. The van der Waals surface area contributed by atoms with Crippen LogP contribution < -0.4 is 5.32 Å². The molecule has 0 aromatic heterocycles. The molecule has 1 aliphatic carbocycles. The highest BCUT2D eigenvalue weighted by molar-refractivity contribution is 6.35. The van der Waals surface area contributed by atoms with E-state index in [2.05, 4.69) is 5.32 Å². The van der Waals surface area contributed by atoms with Crippen LogP contribution in [0.5, 0.6) is 0 Å². The van der Waals surface area contributed by atoms with E-state index in [1.165, 1.54) is 12.1 Å². The molecule has 0 aliphatic heterocycles. The van der Waals surface area contributed by atoms with E-state index >= 15 is 0 Å². The highest BCUT2D eigenvalue weighted by Gasteiger charge is 2.39. The summed E-state index contributed by atoms with van der Waals surface area (Å²) in [6.45, 7) is 3.81. The first-order valence-corrected chi connectivity index (χ1v) is 6.60. The maximum atomic E-state index is 13.4. The molecule has 1 aromatic carbocycles. The molecule has 0 radical (unpaired) electrons. The van der Waals surface area contributed by atoms with Gasteiger partial charge in [-0.05, 0) is 37.0 Å². The van der Waals surface area contributed by atoms with Crippen molar-refractivity contribution in [3.05, 3.63) is 33.6 Å². The maximum Gasteiger partial charge on any atom is 0.223 e. The zero-order valence-corrected chi connectivity index (χ0v) is 11.6. The molecule has 18 heavy (non-hydrogen) atoms. The highest BCUT2D eigenvalue weighted by atomic mass is 35.5. The summed E-state index contributed by atoms with van der Waals surface area (Å²) >= 11 is 11.6. The van der Waals surface area contributed by atoms with Gasteiger partial charge >= 0.3 is 0 Å². The quantitative estimate of drug-likeness (QED) is 0.839. The fraction of sp³-hybridized carbons (Fsp3) is 0.462. The van der Waals surface area contributed by atoms with Gasteiger partial charge in [-0.1, -0.05) is 30.1 Å². The standard InChI is InChI=1S/C13H14Cl2FNO/c1-6-3-8(6)13(18)17-7(2)9-4-12(16)11(15)5-10(9)14/h4-8H,3H2,1-2H3,(H,17,18)/t6-,7+,8-/m1/s1. The Kier molecular flexibility index (Phi) is 3.83. The summed E-state index contributed by atoms with van der Waals surface area (Å²) in [6, 6.07) is 2.30. The fourth-order valence-corrected chi connectivity index (χ4v) is 2.50. The minimum Gasteiger partial charge on any atom is -0.349 e. The van der Waals surface area contributed by atoms with Gasteiger partial charge < -0.3 is 5.32 Å². The predicted octanol–water partition coefficient (Wildman–Crippen LogP) is 3.97. The van der Waals surface area contributed by atoms with Crippen LogP contribution >= 0.6 is 23.2 Å². The van der Waals surface area contributed by atoms with Crippen molar-refractivity contribution in [3.8, 4) is 0 Å². The van der Waals surface area contributed by atoms with E-state index < -0.39 is 5.82 Å². The third-order valence-electron chi connectivity index (χ3n) is 3.31. The molecule has 1 amide bonds. The van der Waals surface area contributed by atoms with Crippen LogP contribution in [-0.2, 0) is 4.79 Å². The molecular formula is C13H14Cl2FNO. The van der Waals surface area contributed by atoms with Crippen molar-refractivity contribution in [2.45, 2.75) is 26.3 Å². The molecule has 1 fully saturated rings. The molecule has 1 aliphatic rings. The topological polar surface area (TPSA) is 29.1 Å². The molecule has 2 rings (SSSR count). The molecule has 0 saturated heterocycles. The third kappa shape index (κ3) is 2.78. The van der Waals surface area contributed by atoms with Gasteiger partial charge in [-0.15, -0.1) is 0 Å². The fourth-order valence-electron chi connectivity index (χ4n) is 1.96. The van der Waals surface area contributed by atoms with Gasteiger partial charge in [0.1, 0.15) is 5.82 Å². The van der Waals surface area contributed by atoms with E-state index in [-0.39, 0.29) is 22.9 Å². The first-order valence-electron chi connectivity index (χ1n) is 5.85. The van der Waals surface area contributed by atoms with Crippen molar-refractivity contribution in [1.29, 1.82) is 0 Å². The van der Waals surface area contributed by atoms with E-state index in [0.717, 1.165) is 6.42 Å². The number of benzene rings is 1. The van der Waals surface area contributed by atoms with Crippen molar-refractivity contribution in [2.24, 2.45) is 11.8 Å². The van der Waals surface area contributed by atoms with Gasteiger partial charge in [-0.3, -0.25) is 4.79 Å². The Morgan fingerprint density at radius 1 is 1.44 bits per heavy atom. The lowest BCUT2D eigenvalue weighted by Crippen LogP contribution is -2.28. The summed E-state index contributed by atoms with van der Waals surface area (Å²) in [4.78, 5) is 11.8. The molecule has 98 valence electrons. The molecule has 3 atom stereocenters. The molecular weight excluding hydrogens is 276 g/mol. The molecule has 1 saturated carbocycles.